The first kappa shape index (κ1) is 7.76. The van der Waals surface area contributed by atoms with E-state index in [9.17, 15) is 9.90 Å². The predicted molar refractivity (Wildman–Crippen MR) is 48.8 cm³/mol. The lowest BCUT2D eigenvalue weighted by molar-refractivity contribution is -0.254. The SMILES string of the molecule is Cc1c(C(=O)[O-])sc2ccsc12. The lowest BCUT2D eigenvalue weighted by Gasteiger charge is -1.97. The van der Waals surface area contributed by atoms with E-state index in [4.69, 9.17) is 0 Å². The summed E-state index contributed by atoms with van der Waals surface area (Å²) in [5.74, 6) is -1.07. The number of aromatic carboxylic acids is 1. The van der Waals surface area contributed by atoms with Gasteiger partial charge in [0.1, 0.15) is 0 Å². The third-order valence-corrected chi connectivity index (χ3v) is 4.11. The number of hydrogen-bond acceptors (Lipinski definition) is 4. The molecule has 0 radical (unpaired) electrons. The highest BCUT2D eigenvalue weighted by Gasteiger charge is 2.09. The molecule has 4 heteroatoms. The van der Waals surface area contributed by atoms with E-state index in [1.54, 1.807) is 11.3 Å². The molecule has 0 aliphatic heterocycles. The maximum atomic E-state index is 10.6. The van der Waals surface area contributed by atoms with E-state index in [1.165, 1.54) is 11.3 Å². The number of thiophene rings is 2. The molecular weight excluding hydrogens is 192 g/mol. The van der Waals surface area contributed by atoms with Crippen LogP contribution in [0.25, 0.3) is 9.40 Å². The second kappa shape index (κ2) is 2.57. The van der Waals surface area contributed by atoms with Gasteiger partial charge in [0.2, 0.25) is 0 Å². The number of carboxylic acids is 1. The Morgan fingerprint density at radius 1 is 1.58 bits per heavy atom. The molecule has 0 atom stereocenters. The number of aryl methyl sites for hydroxylation is 1. The van der Waals surface area contributed by atoms with Gasteiger partial charge in [0, 0.05) is 9.40 Å². The zero-order valence-corrected chi connectivity index (χ0v) is 7.92. The molecule has 0 aromatic carbocycles. The van der Waals surface area contributed by atoms with Crippen molar-refractivity contribution in [2.75, 3.05) is 0 Å². The van der Waals surface area contributed by atoms with Crippen molar-refractivity contribution in [2.24, 2.45) is 0 Å². The normalized spacial score (nSPS) is 10.8. The fourth-order valence-electron chi connectivity index (χ4n) is 1.14. The van der Waals surface area contributed by atoms with Crippen LogP contribution >= 0.6 is 22.7 Å². The molecule has 2 rings (SSSR count). The summed E-state index contributed by atoms with van der Waals surface area (Å²) in [7, 11) is 0. The summed E-state index contributed by atoms with van der Waals surface area (Å²) in [6.45, 7) is 1.82. The summed E-state index contributed by atoms with van der Waals surface area (Å²) >= 11 is 2.86. The Balaban J connectivity index is 2.78. The monoisotopic (exact) mass is 197 g/mol. The number of hydrogen-bond donors (Lipinski definition) is 0. The van der Waals surface area contributed by atoms with Crippen LogP contribution in [0.4, 0.5) is 0 Å². The van der Waals surface area contributed by atoms with Crippen molar-refractivity contribution in [3.05, 3.63) is 21.9 Å². The van der Waals surface area contributed by atoms with Crippen LogP contribution in [-0.2, 0) is 0 Å². The minimum Gasteiger partial charge on any atom is -0.544 e. The van der Waals surface area contributed by atoms with Crippen LogP contribution in [0.1, 0.15) is 15.2 Å². The molecule has 0 aliphatic rings. The van der Waals surface area contributed by atoms with Crippen LogP contribution in [0.15, 0.2) is 11.4 Å². The smallest absolute Gasteiger partial charge is 0.0818 e. The number of carbonyl (C=O) groups excluding carboxylic acids is 1. The Bertz CT molecular complexity index is 439. The van der Waals surface area contributed by atoms with Crippen molar-refractivity contribution in [3.8, 4) is 0 Å². The van der Waals surface area contributed by atoms with Gasteiger partial charge in [-0.2, -0.15) is 0 Å². The van der Waals surface area contributed by atoms with E-state index in [0.717, 1.165) is 15.0 Å². The van der Waals surface area contributed by atoms with Gasteiger partial charge < -0.3 is 9.90 Å². The highest BCUT2D eigenvalue weighted by Crippen LogP contribution is 2.34. The molecule has 12 heavy (non-hydrogen) atoms. The Hall–Kier alpha value is -0.870. The van der Waals surface area contributed by atoms with Crippen molar-refractivity contribution in [2.45, 2.75) is 6.92 Å². The molecule has 2 heterocycles. The molecule has 0 spiro atoms. The summed E-state index contributed by atoms with van der Waals surface area (Å²) in [4.78, 5) is 11.0. The first-order chi connectivity index (χ1) is 5.70. The third-order valence-electron chi connectivity index (χ3n) is 1.71. The van der Waals surface area contributed by atoms with Crippen molar-refractivity contribution < 1.29 is 9.90 Å². The summed E-state index contributed by atoms with van der Waals surface area (Å²) < 4.78 is 2.11. The minimum atomic E-state index is -1.07. The zero-order chi connectivity index (χ0) is 8.72. The third kappa shape index (κ3) is 0.956. The molecule has 0 unspecified atom stereocenters. The number of fused-ring (bicyclic) bond motifs is 1. The van der Waals surface area contributed by atoms with Gasteiger partial charge in [-0.25, -0.2) is 0 Å². The minimum absolute atomic E-state index is 0.358. The van der Waals surface area contributed by atoms with E-state index in [2.05, 4.69) is 0 Å². The maximum Gasteiger partial charge on any atom is 0.0818 e. The summed E-state index contributed by atoms with van der Waals surface area (Å²) in [5, 5.41) is 12.6. The van der Waals surface area contributed by atoms with Gasteiger partial charge in [-0.05, 0) is 23.9 Å². The number of carboxylic acid groups (broad SMARTS) is 1. The van der Waals surface area contributed by atoms with E-state index < -0.39 is 5.97 Å². The second-order valence-electron chi connectivity index (χ2n) is 2.46. The van der Waals surface area contributed by atoms with Gasteiger partial charge >= 0.3 is 0 Å². The van der Waals surface area contributed by atoms with Crippen molar-refractivity contribution in [3.63, 3.8) is 0 Å². The first-order valence-corrected chi connectivity index (χ1v) is 5.07. The van der Waals surface area contributed by atoms with Crippen molar-refractivity contribution >= 4 is 38.0 Å². The maximum absolute atomic E-state index is 10.6. The fourth-order valence-corrected chi connectivity index (χ4v) is 3.30. The molecule has 0 fully saturated rings. The average molecular weight is 197 g/mol. The van der Waals surface area contributed by atoms with Crippen LogP contribution in [0.5, 0.6) is 0 Å². The molecule has 2 nitrogen and oxygen atoms in total. The topological polar surface area (TPSA) is 40.1 Å². The lowest BCUT2D eigenvalue weighted by Crippen LogP contribution is -2.21. The Labute approximate surface area is 77.1 Å². The largest absolute Gasteiger partial charge is 0.544 e. The van der Waals surface area contributed by atoms with Crippen molar-refractivity contribution in [1.29, 1.82) is 0 Å². The Kier molecular flexibility index (Phi) is 1.66. The molecule has 0 saturated heterocycles. The quantitative estimate of drug-likeness (QED) is 0.697. The van der Waals surface area contributed by atoms with Gasteiger partial charge in [0.15, 0.2) is 0 Å². The number of carbonyl (C=O) groups is 1. The van der Waals surface area contributed by atoms with Crippen LogP contribution in [0, 0.1) is 6.92 Å². The standard InChI is InChI=1S/C8H6O2S2/c1-4-6-5(2-3-11-6)12-7(4)8(9)10/h2-3H,1H3,(H,9,10)/p-1. The molecule has 0 saturated carbocycles. The van der Waals surface area contributed by atoms with Crippen LogP contribution in [0.2, 0.25) is 0 Å². The molecule has 0 bridgehead atoms. The summed E-state index contributed by atoms with van der Waals surface area (Å²) in [6.07, 6.45) is 0. The van der Waals surface area contributed by atoms with Gasteiger partial charge in [-0.1, -0.05) is 0 Å². The molecule has 2 aromatic rings. The van der Waals surface area contributed by atoms with Crippen LogP contribution in [0.3, 0.4) is 0 Å². The molecular formula is C8H5O2S2-. The van der Waals surface area contributed by atoms with E-state index >= 15 is 0 Å². The Morgan fingerprint density at radius 2 is 2.33 bits per heavy atom. The number of rotatable bonds is 1. The van der Waals surface area contributed by atoms with Crippen LogP contribution in [-0.4, -0.2) is 5.97 Å². The molecule has 62 valence electrons. The van der Waals surface area contributed by atoms with E-state index in [1.807, 2.05) is 18.4 Å². The van der Waals surface area contributed by atoms with Gasteiger partial charge in [-0.15, -0.1) is 22.7 Å². The predicted octanol–water partition coefficient (Wildman–Crippen LogP) is 1.63. The average Bonchev–Trinajstić information content (AvgIpc) is 2.53. The molecule has 0 amide bonds. The van der Waals surface area contributed by atoms with E-state index in [-0.39, 0.29) is 0 Å². The van der Waals surface area contributed by atoms with Gasteiger partial charge in [-0.3, -0.25) is 0 Å². The second-order valence-corrected chi connectivity index (χ2v) is 4.43. The highest BCUT2D eigenvalue weighted by atomic mass is 32.1. The summed E-state index contributed by atoms with van der Waals surface area (Å²) in [5.41, 5.74) is 0.838. The lowest BCUT2D eigenvalue weighted by atomic mass is 10.3. The van der Waals surface area contributed by atoms with Gasteiger partial charge in [0.25, 0.3) is 0 Å². The van der Waals surface area contributed by atoms with Gasteiger partial charge in [0.05, 0.1) is 10.8 Å². The fraction of sp³-hybridized carbons (Fsp3) is 0.125. The zero-order valence-electron chi connectivity index (χ0n) is 6.29. The van der Waals surface area contributed by atoms with Crippen molar-refractivity contribution in [1.82, 2.24) is 0 Å². The molecule has 2 aromatic heterocycles. The van der Waals surface area contributed by atoms with Crippen LogP contribution < -0.4 is 5.11 Å². The van der Waals surface area contributed by atoms with E-state index in [0.29, 0.717) is 4.88 Å². The summed E-state index contributed by atoms with van der Waals surface area (Å²) in [6, 6.07) is 1.93. The Morgan fingerprint density at radius 3 is 2.92 bits per heavy atom. The highest BCUT2D eigenvalue weighted by molar-refractivity contribution is 7.28. The molecule has 0 N–H and O–H groups in total. The molecule has 0 aliphatic carbocycles. The first-order valence-electron chi connectivity index (χ1n) is 3.38.